The molecule has 35 heavy (non-hydrogen) atoms. The van der Waals surface area contributed by atoms with Crippen LogP contribution in [0.3, 0.4) is 0 Å². The summed E-state index contributed by atoms with van der Waals surface area (Å²) in [4.78, 5) is 27.6. The summed E-state index contributed by atoms with van der Waals surface area (Å²) in [7, 11) is 3.25. The van der Waals surface area contributed by atoms with Crippen LogP contribution >= 0.6 is 12.4 Å². The molecule has 1 saturated heterocycles. The maximum Gasteiger partial charge on any atom is 0.254 e. The second-order valence-electron chi connectivity index (χ2n) is 9.11. The fraction of sp³-hybridized carbons (Fsp3) is 0.692. The number of carbonyl (C=O) groups is 2. The van der Waals surface area contributed by atoms with Crippen molar-refractivity contribution in [1.82, 2.24) is 15.5 Å². The van der Waals surface area contributed by atoms with Gasteiger partial charge in [0, 0.05) is 63.3 Å². The third kappa shape index (κ3) is 9.86. The Balaban J connectivity index is 0.00000612. The van der Waals surface area contributed by atoms with Gasteiger partial charge in [-0.3, -0.25) is 9.59 Å². The number of unbranched alkanes of at least 4 members (excludes halogenated alkanes) is 1. The molecule has 200 valence electrons. The Labute approximate surface area is 216 Å². The summed E-state index contributed by atoms with van der Waals surface area (Å²) in [5, 5.41) is 6.48. The van der Waals surface area contributed by atoms with E-state index in [9.17, 15) is 9.59 Å². The van der Waals surface area contributed by atoms with Crippen LogP contribution in [-0.2, 0) is 9.53 Å². The SMILES string of the molecule is CCCCNC(=O)C[C@@H]1CC[C@@H](N(C(=O)c2ccc(OC)c(OCCCOC)c2)C(C)C)CN1.Cl. The number of piperidine rings is 1. The minimum Gasteiger partial charge on any atom is -0.493 e. The molecule has 2 amide bonds. The molecule has 9 heteroatoms. The van der Waals surface area contributed by atoms with E-state index in [0.29, 0.717) is 43.2 Å². The van der Waals surface area contributed by atoms with E-state index in [-0.39, 0.29) is 42.3 Å². The average molecular weight is 514 g/mol. The lowest BCUT2D eigenvalue weighted by atomic mass is 9.95. The van der Waals surface area contributed by atoms with Gasteiger partial charge in [-0.1, -0.05) is 13.3 Å². The van der Waals surface area contributed by atoms with E-state index in [1.165, 1.54) is 0 Å². The summed E-state index contributed by atoms with van der Waals surface area (Å²) >= 11 is 0. The predicted molar refractivity (Wildman–Crippen MR) is 141 cm³/mol. The number of nitrogens with one attached hydrogen (secondary N) is 2. The van der Waals surface area contributed by atoms with Crippen LogP contribution in [0.1, 0.15) is 69.7 Å². The maximum atomic E-state index is 13.5. The van der Waals surface area contributed by atoms with Crippen LogP contribution in [0.25, 0.3) is 0 Å². The number of ether oxygens (including phenoxy) is 3. The Bertz CT molecular complexity index is 769. The molecular weight excluding hydrogens is 470 g/mol. The normalized spacial score (nSPS) is 17.4. The zero-order valence-electron chi connectivity index (χ0n) is 21.9. The summed E-state index contributed by atoms with van der Waals surface area (Å²) in [5.74, 6) is 1.23. The zero-order chi connectivity index (χ0) is 24.9. The molecule has 0 radical (unpaired) electrons. The number of carbonyl (C=O) groups excluding carboxylic acids is 2. The van der Waals surface area contributed by atoms with E-state index >= 15 is 0 Å². The van der Waals surface area contributed by atoms with Gasteiger partial charge in [0.1, 0.15) is 0 Å². The van der Waals surface area contributed by atoms with E-state index in [1.54, 1.807) is 32.4 Å². The molecule has 1 heterocycles. The molecule has 1 aliphatic rings. The van der Waals surface area contributed by atoms with Gasteiger partial charge in [0.05, 0.1) is 13.7 Å². The minimum atomic E-state index is -0.0260. The third-order valence-electron chi connectivity index (χ3n) is 6.12. The fourth-order valence-corrected chi connectivity index (χ4v) is 4.29. The first-order valence-electron chi connectivity index (χ1n) is 12.5. The molecule has 8 nitrogen and oxygen atoms in total. The van der Waals surface area contributed by atoms with Crippen molar-refractivity contribution >= 4 is 24.2 Å². The highest BCUT2D eigenvalue weighted by molar-refractivity contribution is 5.95. The largest absolute Gasteiger partial charge is 0.493 e. The fourth-order valence-electron chi connectivity index (χ4n) is 4.29. The molecule has 1 aromatic carbocycles. The van der Waals surface area contributed by atoms with E-state index < -0.39 is 0 Å². The maximum absolute atomic E-state index is 13.5. The number of hydrogen-bond acceptors (Lipinski definition) is 6. The van der Waals surface area contributed by atoms with Gasteiger partial charge < -0.3 is 29.7 Å². The number of benzene rings is 1. The smallest absolute Gasteiger partial charge is 0.254 e. The van der Waals surface area contributed by atoms with Gasteiger partial charge in [-0.2, -0.15) is 0 Å². The lowest BCUT2D eigenvalue weighted by Gasteiger charge is -2.40. The molecule has 1 aromatic rings. The van der Waals surface area contributed by atoms with Crippen LogP contribution in [0.5, 0.6) is 11.5 Å². The highest BCUT2D eigenvalue weighted by atomic mass is 35.5. The van der Waals surface area contributed by atoms with Crippen LogP contribution < -0.4 is 20.1 Å². The number of methoxy groups -OCH3 is 2. The van der Waals surface area contributed by atoms with Crippen LogP contribution in [0.15, 0.2) is 18.2 Å². The summed E-state index contributed by atoms with van der Waals surface area (Å²) < 4.78 is 16.4. The highest BCUT2D eigenvalue weighted by Crippen LogP contribution is 2.30. The zero-order valence-corrected chi connectivity index (χ0v) is 22.7. The van der Waals surface area contributed by atoms with E-state index in [1.807, 2.05) is 18.7 Å². The molecule has 2 N–H and O–H groups in total. The van der Waals surface area contributed by atoms with Crippen LogP contribution in [0, 0.1) is 0 Å². The Kier molecular flexibility index (Phi) is 14.7. The molecule has 2 atom stereocenters. The van der Waals surface area contributed by atoms with Crippen molar-refractivity contribution in [2.45, 2.75) is 77.4 Å². The number of hydrogen-bond donors (Lipinski definition) is 2. The second-order valence-corrected chi connectivity index (χ2v) is 9.11. The quantitative estimate of drug-likeness (QED) is 0.368. The van der Waals surface area contributed by atoms with Crippen LogP contribution in [-0.4, -0.2) is 75.4 Å². The summed E-state index contributed by atoms with van der Waals surface area (Å²) in [6.07, 6.45) is 5.02. The number of nitrogens with zero attached hydrogens (tertiary/aromatic N) is 1. The van der Waals surface area contributed by atoms with Crippen molar-refractivity contribution in [2.75, 3.05) is 40.5 Å². The van der Waals surface area contributed by atoms with Crippen molar-refractivity contribution in [3.05, 3.63) is 23.8 Å². The molecule has 0 unspecified atom stereocenters. The van der Waals surface area contributed by atoms with Crippen molar-refractivity contribution in [3.8, 4) is 11.5 Å². The molecule has 0 aromatic heterocycles. The van der Waals surface area contributed by atoms with Crippen molar-refractivity contribution in [3.63, 3.8) is 0 Å². The van der Waals surface area contributed by atoms with Crippen molar-refractivity contribution in [1.29, 1.82) is 0 Å². The van der Waals surface area contributed by atoms with E-state index in [4.69, 9.17) is 14.2 Å². The molecule has 0 saturated carbocycles. The van der Waals surface area contributed by atoms with Gasteiger partial charge >= 0.3 is 0 Å². The van der Waals surface area contributed by atoms with Gasteiger partial charge in [-0.25, -0.2) is 0 Å². The Morgan fingerprint density at radius 2 is 1.91 bits per heavy atom. The van der Waals surface area contributed by atoms with Crippen LogP contribution in [0.2, 0.25) is 0 Å². The van der Waals surface area contributed by atoms with Crippen molar-refractivity contribution in [2.24, 2.45) is 0 Å². The lowest BCUT2D eigenvalue weighted by Crippen LogP contribution is -2.54. The standard InChI is InChI=1S/C26H43N3O5.ClH/c1-6-7-13-27-25(30)17-21-10-11-22(18-28-21)29(19(2)3)26(31)20-9-12-23(33-5)24(16-20)34-15-8-14-32-4;/h9,12,16,19,21-22,28H,6-8,10-11,13-15,17-18H2,1-5H3,(H,27,30);1H/t21-,22+;/m0./s1. The minimum absolute atomic E-state index is 0. The van der Waals surface area contributed by atoms with Gasteiger partial charge in [0.25, 0.3) is 5.91 Å². The Morgan fingerprint density at radius 3 is 2.51 bits per heavy atom. The summed E-state index contributed by atoms with van der Waals surface area (Å²) in [6, 6.07) is 5.60. The molecule has 1 fully saturated rings. The van der Waals surface area contributed by atoms with Gasteiger partial charge in [0.15, 0.2) is 11.5 Å². The summed E-state index contributed by atoms with van der Waals surface area (Å²) in [5.41, 5.74) is 0.577. The first kappa shape index (κ1) is 31.0. The molecule has 1 aliphatic heterocycles. The van der Waals surface area contributed by atoms with Crippen LogP contribution in [0.4, 0.5) is 0 Å². The lowest BCUT2D eigenvalue weighted by molar-refractivity contribution is -0.121. The molecule has 0 aliphatic carbocycles. The number of rotatable bonds is 14. The van der Waals surface area contributed by atoms with E-state index in [0.717, 1.165) is 38.6 Å². The summed E-state index contributed by atoms with van der Waals surface area (Å²) in [6.45, 7) is 8.69. The number of halogens is 1. The van der Waals surface area contributed by atoms with Gasteiger partial charge in [-0.15, -0.1) is 12.4 Å². The molecular formula is C26H44ClN3O5. The molecule has 0 spiro atoms. The second kappa shape index (κ2) is 16.6. The molecule has 0 bridgehead atoms. The topological polar surface area (TPSA) is 89.1 Å². The van der Waals surface area contributed by atoms with Gasteiger partial charge in [0.2, 0.25) is 5.91 Å². The van der Waals surface area contributed by atoms with E-state index in [2.05, 4.69) is 17.6 Å². The monoisotopic (exact) mass is 513 g/mol. The van der Waals surface area contributed by atoms with Crippen molar-refractivity contribution < 1.29 is 23.8 Å². The average Bonchev–Trinajstić information content (AvgIpc) is 2.83. The number of amides is 2. The van der Waals surface area contributed by atoms with Gasteiger partial charge in [-0.05, 0) is 51.3 Å². The predicted octanol–water partition coefficient (Wildman–Crippen LogP) is 3.81. The Hall–Kier alpha value is -2.03. The first-order valence-corrected chi connectivity index (χ1v) is 12.5. The highest BCUT2D eigenvalue weighted by Gasteiger charge is 2.31. The first-order chi connectivity index (χ1) is 16.4. The Morgan fingerprint density at radius 1 is 1.14 bits per heavy atom. The molecule has 2 rings (SSSR count). The third-order valence-corrected chi connectivity index (χ3v) is 6.12.